The maximum Gasteiger partial charge on any atom is 0.243 e. The molecule has 130 valence electrons. The van der Waals surface area contributed by atoms with Crippen molar-refractivity contribution in [3.05, 3.63) is 0 Å². The maximum atomic E-state index is 11.7. The number of carbonyl (C=O) groups is 1. The lowest BCUT2D eigenvalue weighted by Gasteiger charge is -2.29. The molecule has 1 N–H and O–H groups in total. The van der Waals surface area contributed by atoms with Crippen molar-refractivity contribution >= 4 is 35.8 Å². The highest BCUT2D eigenvalue weighted by atomic mass is 127. The molecular formula is C15H31IN4O2. The molecule has 1 aliphatic heterocycles. The average Bonchev–Trinajstić information content (AvgIpc) is 2.47. The van der Waals surface area contributed by atoms with Crippen LogP contribution in [-0.4, -0.2) is 75.7 Å². The molecule has 0 saturated carbocycles. The van der Waals surface area contributed by atoms with Gasteiger partial charge in [0.05, 0.1) is 0 Å². The van der Waals surface area contributed by atoms with Gasteiger partial charge in [0.25, 0.3) is 0 Å². The lowest BCUT2D eigenvalue weighted by atomic mass is 10.00. The van der Waals surface area contributed by atoms with Gasteiger partial charge in [-0.3, -0.25) is 4.79 Å². The van der Waals surface area contributed by atoms with Crippen molar-refractivity contribution in [1.82, 2.24) is 15.1 Å². The number of hydrogen-bond acceptors (Lipinski definition) is 3. The molecule has 6 nitrogen and oxygen atoms in total. The fourth-order valence-corrected chi connectivity index (χ4v) is 2.24. The summed E-state index contributed by atoms with van der Waals surface area (Å²) in [5.41, 5.74) is 0. The second-order valence-electron chi connectivity index (χ2n) is 5.79. The third-order valence-corrected chi connectivity index (χ3v) is 3.63. The fourth-order valence-electron chi connectivity index (χ4n) is 2.24. The number of likely N-dealkylation sites (N-methyl/N-ethyl adjacent to an activating group) is 1. The van der Waals surface area contributed by atoms with Gasteiger partial charge in [0.1, 0.15) is 6.54 Å². The van der Waals surface area contributed by atoms with E-state index < -0.39 is 0 Å². The van der Waals surface area contributed by atoms with E-state index in [2.05, 4.69) is 22.1 Å². The van der Waals surface area contributed by atoms with Crippen LogP contribution in [0.15, 0.2) is 4.99 Å². The van der Waals surface area contributed by atoms with E-state index in [1.54, 1.807) is 19.0 Å². The minimum atomic E-state index is 0. The zero-order valence-electron chi connectivity index (χ0n) is 14.3. The van der Waals surface area contributed by atoms with Crippen LogP contribution in [0.25, 0.3) is 0 Å². The largest absolute Gasteiger partial charge is 0.381 e. The number of rotatable bonds is 6. The van der Waals surface area contributed by atoms with Crippen LogP contribution in [0.4, 0.5) is 0 Å². The predicted octanol–water partition coefficient (Wildman–Crippen LogP) is 1.41. The molecule has 0 aromatic heterocycles. The van der Waals surface area contributed by atoms with E-state index in [-0.39, 0.29) is 36.4 Å². The van der Waals surface area contributed by atoms with Gasteiger partial charge in [-0.25, -0.2) is 4.99 Å². The van der Waals surface area contributed by atoms with Crippen molar-refractivity contribution in [1.29, 1.82) is 0 Å². The summed E-state index contributed by atoms with van der Waals surface area (Å²) in [6.07, 6.45) is 3.23. The molecule has 1 amide bonds. The van der Waals surface area contributed by atoms with Crippen LogP contribution in [-0.2, 0) is 9.53 Å². The number of nitrogens with one attached hydrogen (secondary N) is 1. The molecule has 0 bridgehead atoms. The minimum absolute atomic E-state index is 0. The number of hydrogen-bond donors (Lipinski definition) is 1. The van der Waals surface area contributed by atoms with Crippen LogP contribution in [0, 0.1) is 5.92 Å². The van der Waals surface area contributed by atoms with Crippen LogP contribution >= 0.6 is 24.0 Å². The monoisotopic (exact) mass is 426 g/mol. The van der Waals surface area contributed by atoms with E-state index in [1.165, 1.54) is 0 Å². The van der Waals surface area contributed by atoms with E-state index >= 15 is 0 Å². The predicted molar refractivity (Wildman–Crippen MR) is 101 cm³/mol. The first kappa shape index (κ1) is 21.4. The van der Waals surface area contributed by atoms with Gasteiger partial charge < -0.3 is 19.9 Å². The van der Waals surface area contributed by atoms with Crippen LogP contribution in [0.3, 0.4) is 0 Å². The Labute approximate surface area is 151 Å². The van der Waals surface area contributed by atoms with Crippen molar-refractivity contribution in [2.24, 2.45) is 10.9 Å². The summed E-state index contributed by atoms with van der Waals surface area (Å²) in [4.78, 5) is 19.8. The maximum absolute atomic E-state index is 11.7. The summed E-state index contributed by atoms with van der Waals surface area (Å²) in [6, 6.07) is 0. The Morgan fingerprint density at radius 1 is 1.27 bits per heavy atom. The van der Waals surface area contributed by atoms with Gasteiger partial charge >= 0.3 is 0 Å². The fraction of sp³-hybridized carbons (Fsp3) is 0.867. The molecule has 0 atom stereocenters. The molecule has 7 heteroatoms. The molecular weight excluding hydrogens is 395 g/mol. The summed E-state index contributed by atoms with van der Waals surface area (Å²) in [5.74, 6) is 1.48. The SMILES string of the molecule is CCCNC(=NCC(=O)N(C)C)N(C)CC1CCOCC1.I. The van der Waals surface area contributed by atoms with Crippen molar-refractivity contribution in [2.75, 3.05) is 54.0 Å². The van der Waals surface area contributed by atoms with E-state index in [9.17, 15) is 4.79 Å². The Morgan fingerprint density at radius 2 is 1.91 bits per heavy atom. The molecule has 0 aliphatic carbocycles. The summed E-state index contributed by atoms with van der Waals surface area (Å²) in [6.45, 7) is 5.84. The summed E-state index contributed by atoms with van der Waals surface area (Å²) < 4.78 is 5.40. The normalized spacial score (nSPS) is 15.9. The van der Waals surface area contributed by atoms with E-state index in [0.717, 1.165) is 51.5 Å². The van der Waals surface area contributed by atoms with Gasteiger partial charge in [-0.05, 0) is 25.2 Å². The second kappa shape index (κ2) is 11.9. The first-order valence-corrected chi connectivity index (χ1v) is 7.82. The molecule has 0 unspecified atom stereocenters. The lowest BCUT2D eigenvalue weighted by Crippen LogP contribution is -2.43. The third kappa shape index (κ3) is 8.17. The van der Waals surface area contributed by atoms with Gasteiger partial charge in [-0.15, -0.1) is 24.0 Å². The lowest BCUT2D eigenvalue weighted by molar-refractivity contribution is -0.127. The minimum Gasteiger partial charge on any atom is -0.381 e. The number of nitrogens with zero attached hydrogens (tertiary/aromatic N) is 3. The molecule has 1 saturated heterocycles. The highest BCUT2D eigenvalue weighted by molar-refractivity contribution is 14.0. The molecule has 1 heterocycles. The topological polar surface area (TPSA) is 57.2 Å². The first-order chi connectivity index (χ1) is 10.0. The zero-order chi connectivity index (χ0) is 15.7. The number of halogens is 1. The van der Waals surface area contributed by atoms with Crippen molar-refractivity contribution in [3.63, 3.8) is 0 Å². The average molecular weight is 426 g/mol. The summed E-state index contributed by atoms with van der Waals surface area (Å²) in [7, 11) is 5.54. The highest BCUT2D eigenvalue weighted by Crippen LogP contribution is 2.15. The molecule has 1 rings (SSSR count). The molecule has 0 aromatic rings. The van der Waals surface area contributed by atoms with Gasteiger partial charge in [0.15, 0.2) is 5.96 Å². The quantitative estimate of drug-likeness (QED) is 0.397. The van der Waals surface area contributed by atoms with Gasteiger partial charge in [-0.2, -0.15) is 0 Å². The third-order valence-electron chi connectivity index (χ3n) is 3.63. The van der Waals surface area contributed by atoms with E-state index in [0.29, 0.717) is 5.92 Å². The van der Waals surface area contributed by atoms with Gasteiger partial charge in [0.2, 0.25) is 5.91 Å². The Hall–Kier alpha value is -0.570. The van der Waals surface area contributed by atoms with Crippen LogP contribution in [0.1, 0.15) is 26.2 Å². The number of guanidine groups is 1. The Kier molecular flexibility index (Phi) is 11.6. The molecule has 0 aromatic carbocycles. The highest BCUT2D eigenvalue weighted by Gasteiger charge is 2.17. The summed E-state index contributed by atoms with van der Waals surface area (Å²) in [5, 5.41) is 3.33. The molecule has 0 spiro atoms. The summed E-state index contributed by atoms with van der Waals surface area (Å²) >= 11 is 0. The number of aliphatic imine (C=N–C) groups is 1. The number of carbonyl (C=O) groups excluding carboxylic acids is 1. The smallest absolute Gasteiger partial charge is 0.243 e. The van der Waals surface area contributed by atoms with Crippen molar-refractivity contribution in [2.45, 2.75) is 26.2 Å². The second-order valence-corrected chi connectivity index (χ2v) is 5.79. The van der Waals surface area contributed by atoms with E-state index in [1.807, 2.05) is 7.05 Å². The molecule has 1 aliphatic rings. The standard InChI is InChI=1S/C15H30N4O2.HI/c1-5-8-16-15(17-11-14(20)18(2)3)19(4)12-13-6-9-21-10-7-13;/h13H,5-12H2,1-4H3,(H,16,17);1H. The van der Waals surface area contributed by atoms with Crippen LogP contribution in [0.2, 0.25) is 0 Å². The zero-order valence-corrected chi connectivity index (χ0v) is 16.6. The first-order valence-electron chi connectivity index (χ1n) is 7.82. The Bertz CT molecular complexity index is 344. The molecule has 0 radical (unpaired) electrons. The van der Waals surface area contributed by atoms with E-state index in [4.69, 9.17) is 4.74 Å². The van der Waals surface area contributed by atoms with Crippen LogP contribution in [0.5, 0.6) is 0 Å². The molecule has 1 fully saturated rings. The van der Waals surface area contributed by atoms with Crippen molar-refractivity contribution in [3.8, 4) is 0 Å². The molecule has 22 heavy (non-hydrogen) atoms. The van der Waals surface area contributed by atoms with Gasteiger partial charge in [0, 0.05) is 47.4 Å². The van der Waals surface area contributed by atoms with Crippen LogP contribution < -0.4 is 5.32 Å². The Morgan fingerprint density at radius 3 is 2.45 bits per heavy atom. The van der Waals surface area contributed by atoms with Crippen molar-refractivity contribution < 1.29 is 9.53 Å². The number of amides is 1. The van der Waals surface area contributed by atoms with Gasteiger partial charge in [-0.1, -0.05) is 6.92 Å². The number of ether oxygens (including phenoxy) is 1. The Balaban J connectivity index is 0.00000441.